The minimum atomic E-state index is -1.06. The predicted octanol–water partition coefficient (Wildman–Crippen LogP) is 2.99. The van der Waals surface area contributed by atoms with Gasteiger partial charge in [-0.25, -0.2) is 4.79 Å². The Morgan fingerprint density at radius 3 is 2.69 bits per heavy atom. The summed E-state index contributed by atoms with van der Waals surface area (Å²) >= 11 is 10.9. The topological polar surface area (TPSA) is 63.3 Å². The lowest BCUT2D eigenvalue weighted by atomic mass is 10.2. The largest absolute Gasteiger partial charge is 0.478 e. The van der Waals surface area contributed by atoms with Gasteiger partial charge in [-0.15, -0.1) is 0 Å². The molecule has 0 saturated carbocycles. The number of halogens is 3. The molecule has 0 aliphatic rings. The van der Waals surface area contributed by atoms with E-state index in [0.717, 1.165) is 0 Å². The summed E-state index contributed by atoms with van der Waals surface area (Å²) in [5.74, 6) is -1.06. The van der Waals surface area contributed by atoms with Crippen molar-refractivity contribution in [3.8, 4) is 0 Å². The Kier molecular flexibility index (Phi) is 3.42. The molecule has 0 amide bonds. The van der Waals surface area contributed by atoms with Crippen LogP contribution in [-0.4, -0.2) is 11.1 Å². The van der Waals surface area contributed by atoms with Gasteiger partial charge in [-0.05, 0) is 44.6 Å². The van der Waals surface area contributed by atoms with E-state index in [9.17, 15) is 4.79 Å². The molecule has 1 aromatic rings. The van der Waals surface area contributed by atoms with E-state index in [4.69, 9.17) is 22.4 Å². The van der Waals surface area contributed by atoms with E-state index in [1.54, 1.807) is 0 Å². The summed E-state index contributed by atoms with van der Waals surface area (Å²) in [5, 5.41) is 9.19. The first-order valence-corrected chi connectivity index (χ1v) is 5.36. The molecule has 70 valence electrons. The highest BCUT2D eigenvalue weighted by atomic mass is 127. The third-order valence-corrected chi connectivity index (χ3v) is 4.04. The van der Waals surface area contributed by atoms with E-state index in [1.807, 2.05) is 22.6 Å². The number of aromatic carboxylic acids is 1. The van der Waals surface area contributed by atoms with Crippen molar-refractivity contribution in [1.29, 1.82) is 0 Å². The Labute approximate surface area is 102 Å². The molecule has 0 fully saturated rings. The lowest BCUT2D eigenvalue weighted by Gasteiger charge is -2.06. The van der Waals surface area contributed by atoms with Gasteiger partial charge in [0.15, 0.2) is 0 Å². The summed E-state index contributed by atoms with van der Waals surface area (Å²) in [6.07, 6.45) is 0. The SMILES string of the molecule is Nc1c(C(=O)O)cc(I)c(Cl)c1Br. The van der Waals surface area contributed by atoms with Gasteiger partial charge in [-0.2, -0.15) is 0 Å². The number of carboxylic acids is 1. The number of carboxylic acid groups (broad SMARTS) is 1. The van der Waals surface area contributed by atoms with Gasteiger partial charge >= 0.3 is 5.97 Å². The molecule has 3 nitrogen and oxygen atoms in total. The van der Waals surface area contributed by atoms with Crippen molar-refractivity contribution < 1.29 is 9.90 Å². The number of nitrogens with two attached hydrogens (primary N) is 1. The van der Waals surface area contributed by atoms with Crippen molar-refractivity contribution in [2.75, 3.05) is 5.73 Å². The Bertz CT molecular complexity index is 383. The van der Waals surface area contributed by atoms with Crippen LogP contribution in [0, 0.1) is 3.57 Å². The van der Waals surface area contributed by atoms with Gasteiger partial charge in [-0.1, -0.05) is 11.6 Å². The van der Waals surface area contributed by atoms with E-state index >= 15 is 0 Å². The van der Waals surface area contributed by atoms with Gasteiger partial charge in [0.2, 0.25) is 0 Å². The maximum atomic E-state index is 10.7. The van der Waals surface area contributed by atoms with Crippen LogP contribution in [0.25, 0.3) is 0 Å². The summed E-state index contributed by atoms with van der Waals surface area (Å²) in [6, 6.07) is 1.44. The summed E-state index contributed by atoms with van der Waals surface area (Å²) < 4.78 is 1.08. The average Bonchev–Trinajstić information content (AvgIpc) is 2.07. The zero-order chi connectivity index (χ0) is 10.2. The fourth-order valence-corrected chi connectivity index (χ4v) is 2.32. The molecule has 0 radical (unpaired) electrons. The van der Waals surface area contributed by atoms with Gasteiger partial charge < -0.3 is 10.8 Å². The highest BCUT2D eigenvalue weighted by molar-refractivity contribution is 14.1. The normalized spacial score (nSPS) is 10.1. The fraction of sp³-hybridized carbons (Fsp3) is 0. The molecule has 0 heterocycles. The molecule has 1 rings (SSSR count). The molecule has 6 heteroatoms. The molecule has 0 unspecified atom stereocenters. The highest BCUT2D eigenvalue weighted by Crippen LogP contribution is 2.35. The molecular formula is C7H4BrClINO2. The number of benzene rings is 1. The molecule has 1 aromatic carbocycles. The van der Waals surface area contributed by atoms with Crippen molar-refractivity contribution >= 4 is 61.8 Å². The first-order valence-electron chi connectivity index (χ1n) is 3.11. The number of carbonyl (C=O) groups is 1. The second-order valence-corrected chi connectivity index (χ2v) is 4.59. The Morgan fingerprint density at radius 2 is 2.23 bits per heavy atom. The number of hydrogen-bond donors (Lipinski definition) is 2. The molecule has 0 aromatic heterocycles. The van der Waals surface area contributed by atoms with Crippen LogP contribution in [0.4, 0.5) is 5.69 Å². The summed E-state index contributed by atoms with van der Waals surface area (Å²) in [4.78, 5) is 10.7. The standard InChI is InChI=1S/C7H4BrClINO2/c8-4-5(9)3(10)1-2(6(4)11)7(12)13/h1H,11H2,(H,12,13). The average molecular weight is 376 g/mol. The molecule has 0 saturated heterocycles. The number of anilines is 1. The molecule has 0 atom stereocenters. The van der Waals surface area contributed by atoms with Crippen molar-refractivity contribution in [2.45, 2.75) is 0 Å². The second-order valence-electron chi connectivity index (χ2n) is 2.25. The van der Waals surface area contributed by atoms with Gasteiger partial charge in [0, 0.05) is 3.57 Å². The van der Waals surface area contributed by atoms with Gasteiger partial charge in [-0.3, -0.25) is 0 Å². The Balaban J connectivity index is 3.50. The third kappa shape index (κ3) is 2.08. The molecular weight excluding hydrogens is 372 g/mol. The minimum Gasteiger partial charge on any atom is -0.478 e. The first kappa shape index (κ1) is 11.1. The van der Waals surface area contributed by atoms with Gasteiger partial charge in [0.1, 0.15) is 0 Å². The van der Waals surface area contributed by atoms with Gasteiger partial charge in [0.25, 0.3) is 0 Å². The molecule has 0 aliphatic carbocycles. The van der Waals surface area contributed by atoms with E-state index in [0.29, 0.717) is 13.1 Å². The van der Waals surface area contributed by atoms with Crippen molar-refractivity contribution in [3.05, 3.63) is 24.7 Å². The van der Waals surface area contributed by atoms with Gasteiger partial charge in [0.05, 0.1) is 20.7 Å². The summed E-state index contributed by atoms with van der Waals surface area (Å²) in [7, 11) is 0. The molecule has 3 N–H and O–H groups in total. The highest BCUT2D eigenvalue weighted by Gasteiger charge is 2.15. The molecule has 13 heavy (non-hydrogen) atoms. The molecule has 0 bridgehead atoms. The predicted molar refractivity (Wildman–Crippen MR) is 63.2 cm³/mol. The summed E-state index contributed by atoms with van der Waals surface area (Å²) in [6.45, 7) is 0. The number of nitrogen functional groups attached to an aromatic ring is 1. The van der Waals surface area contributed by atoms with Crippen molar-refractivity contribution in [1.82, 2.24) is 0 Å². The first-order chi connectivity index (χ1) is 5.95. The van der Waals surface area contributed by atoms with Crippen LogP contribution in [0.1, 0.15) is 10.4 Å². The van der Waals surface area contributed by atoms with Crippen LogP contribution in [0.3, 0.4) is 0 Å². The van der Waals surface area contributed by atoms with E-state index in [1.165, 1.54) is 6.07 Å². The van der Waals surface area contributed by atoms with E-state index in [-0.39, 0.29) is 11.3 Å². The molecule has 0 aliphatic heterocycles. The van der Waals surface area contributed by atoms with Crippen LogP contribution in [-0.2, 0) is 0 Å². The number of rotatable bonds is 1. The maximum Gasteiger partial charge on any atom is 0.337 e. The zero-order valence-electron chi connectivity index (χ0n) is 6.14. The zero-order valence-corrected chi connectivity index (χ0v) is 10.6. The minimum absolute atomic E-state index is 0.0562. The smallest absolute Gasteiger partial charge is 0.337 e. The lowest BCUT2D eigenvalue weighted by molar-refractivity contribution is 0.0698. The van der Waals surface area contributed by atoms with E-state index < -0.39 is 5.97 Å². The van der Waals surface area contributed by atoms with Crippen LogP contribution >= 0.6 is 50.1 Å². The van der Waals surface area contributed by atoms with Crippen molar-refractivity contribution in [2.24, 2.45) is 0 Å². The second kappa shape index (κ2) is 4.02. The van der Waals surface area contributed by atoms with Crippen LogP contribution < -0.4 is 5.73 Å². The fourth-order valence-electron chi connectivity index (χ4n) is 0.786. The van der Waals surface area contributed by atoms with Crippen molar-refractivity contribution in [3.63, 3.8) is 0 Å². The van der Waals surface area contributed by atoms with E-state index in [2.05, 4.69) is 15.9 Å². The Hall–Kier alpha value is -0.0100. The summed E-state index contributed by atoms with van der Waals surface area (Å²) in [5.41, 5.74) is 5.74. The van der Waals surface area contributed by atoms with Crippen LogP contribution in [0.5, 0.6) is 0 Å². The quantitative estimate of drug-likeness (QED) is 0.450. The molecule has 0 spiro atoms. The monoisotopic (exact) mass is 375 g/mol. The number of hydrogen-bond acceptors (Lipinski definition) is 2. The van der Waals surface area contributed by atoms with Crippen LogP contribution in [0.15, 0.2) is 10.5 Å². The third-order valence-electron chi connectivity index (χ3n) is 1.43. The maximum absolute atomic E-state index is 10.7. The van der Waals surface area contributed by atoms with Crippen LogP contribution in [0.2, 0.25) is 5.02 Å². The lowest BCUT2D eigenvalue weighted by Crippen LogP contribution is -2.04. The Morgan fingerprint density at radius 1 is 1.69 bits per heavy atom.